The summed E-state index contributed by atoms with van der Waals surface area (Å²) in [7, 11) is 0. The molecule has 3 atom stereocenters. The highest BCUT2D eigenvalue weighted by atomic mass is 35.5. The van der Waals surface area contributed by atoms with Crippen LogP contribution in [0.25, 0.3) is 11.3 Å². The van der Waals surface area contributed by atoms with E-state index in [-0.39, 0.29) is 24.7 Å². The van der Waals surface area contributed by atoms with Gasteiger partial charge in [-0.25, -0.2) is 15.0 Å². The SMILES string of the molecule is C[C@@H]1CN(c2cnc(C(=O)Cc3nc(-c4csc(Cl)c4)c(CN4[C@H](C)CC[C@H]4C)s3)cn2)CCN1CCC(=O)O. The average Bonchev–Trinajstić information content (AvgIpc) is 3.63. The summed E-state index contributed by atoms with van der Waals surface area (Å²) < 4.78 is 0.723. The first-order chi connectivity index (χ1) is 19.2. The molecule has 2 saturated heterocycles. The monoisotopic (exact) mass is 602 g/mol. The Hall–Kier alpha value is -2.44. The lowest BCUT2D eigenvalue weighted by molar-refractivity contribution is -0.137. The van der Waals surface area contributed by atoms with Gasteiger partial charge in [-0.3, -0.25) is 19.4 Å². The van der Waals surface area contributed by atoms with E-state index < -0.39 is 5.97 Å². The number of aromatic nitrogens is 3. The molecule has 214 valence electrons. The van der Waals surface area contributed by atoms with E-state index in [9.17, 15) is 9.59 Å². The van der Waals surface area contributed by atoms with Gasteiger partial charge < -0.3 is 10.0 Å². The number of nitrogens with zero attached hydrogens (tertiary/aromatic N) is 6. The zero-order valence-corrected chi connectivity index (χ0v) is 25.4. The minimum Gasteiger partial charge on any atom is -0.481 e. The van der Waals surface area contributed by atoms with Crippen molar-refractivity contribution in [2.24, 2.45) is 0 Å². The topological polar surface area (TPSA) is 103 Å². The van der Waals surface area contributed by atoms with Crippen molar-refractivity contribution < 1.29 is 14.7 Å². The van der Waals surface area contributed by atoms with Gasteiger partial charge in [-0.2, -0.15) is 0 Å². The number of aliphatic carboxylic acids is 1. The van der Waals surface area contributed by atoms with Crippen LogP contribution < -0.4 is 4.90 Å². The molecule has 0 bridgehead atoms. The maximum atomic E-state index is 13.2. The van der Waals surface area contributed by atoms with Gasteiger partial charge in [0.25, 0.3) is 0 Å². The number of hydrogen-bond donors (Lipinski definition) is 1. The lowest BCUT2D eigenvalue weighted by atomic mass is 10.1. The summed E-state index contributed by atoms with van der Waals surface area (Å²) in [6, 6.07) is 3.19. The molecule has 3 aromatic rings. The first-order valence-corrected chi connectivity index (χ1v) is 15.8. The Bertz CT molecular complexity index is 1340. The molecule has 0 spiro atoms. The second kappa shape index (κ2) is 12.6. The van der Waals surface area contributed by atoms with Gasteiger partial charge in [-0.1, -0.05) is 11.6 Å². The number of thiophene rings is 1. The van der Waals surface area contributed by atoms with Gasteiger partial charge in [0.1, 0.15) is 16.5 Å². The van der Waals surface area contributed by atoms with Crippen molar-refractivity contribution in [2.75, 3.05) is 31.1 Å². The van der Waals surface area contributed by atoms with E-state index in [1.54, 1.807) is 23.7 Å². The number of likely N-dealkylation sites (tertiary alicyclic amines) is 1. The first kappa shape index (κ1) is 29.1. The molecular weight excluding hydrogens is 568 g/mol. The van der Waals surface area contributed by atoms with Crippen LogP contribution in [0.1, 0.15) is 60.4 Å². The molecule has 0 unspecified atom stereocenters. The van der Waals surface area contributed by atoms with E-state index in [1.807, 2.05) is 11.4 Å². The summed E-state index contributed by atoms with van der Waals surface area (Å²) in [5.74, 6) is -0.162. The number of carbonyl (C=O) groups excluding carboxylic acids is 1. The second-order valence-corrected chi connectivity index (χ2v) is 13.5. The molecule has 5 heterocycles. The molecule has 0 radical (unpaired) electrons. The van der Waals surface area contributed by atoms with Gasteiger partial charge in [0, 0.05) is 66.7 Å². The number of anilines is 1. The van der Waals surface area contributed by atoms with Crippen molar-refractivity contribution >= 4 is 51.8 Å². The largest absolute Gasteiger partial charge is 0.481 e. The highest BCUT2D eigenvalue weighted by molar-refractivity contribution is 7.15. The summed E-state index contributed by atoms with van der Waals surface area (Å²) in [5.41, 5.74) is 2.25. The number of rotatable bonds is 10. The summed E-state index contributed by atoms with van der Waals surface area (Å²) in [6.45, 7) is 10.2. The number of carboxylic acids is 1. The summed E-state index contributed by atoms with van der Waals surface area (Å²) in [4.78, 5) is 46.0. The normalized spacial score (nSPS) is 22.2. The van der Waals surface area contributed by atoms with Crippen LogP contribution in [-0.4, -0.2) is 85.9 Å². The van der Waals surface area contributed by atoms with Crippen molar-refractivity contribution in [1.82, 2.24) is 24.8 Å². The highest BCUT2D eigenvalue weighted by Crippen LogP contribution is 2.36. The Balaban J connectivity index is 1.26. The minimum atomic E-state index is -0.780. The molecule has 40 heavy (non-hydrogen) atoms. The molecule has 0 amide bonds. The fourth-order valence-electron chi connectivity index (χ4n) is 5.60. The predicted molar refractivity (Wildman–Crippen MR) is 160 cm³/mol. The summed E-state index contributed by atoms with van der Waals surface area (Å²) in [6.07, 6.45) is 5.92. The Kier molecular flexibility index (Phi) is 9.16. The number of carboxylic acid groups (broad SMARTS) is 1. The fraction of sp³-hybridized carbons (Fsp3) is 0.536. The van der Waals surface area contributed by atoms with Crippen LogP contribution in [0.15, 0.2) is 23.8 Å². The third-order valence-electron chi connectivity index (χ3n) is 7.98. The summed E-state index contributed by atoms with van der Waals surface area (Å²) in [5, 5.41) is 11.8. The smallest absolute Gasteiger partial charge is 0.304 e. The molecule has 2 aliphatic heterocycles. The lowest BCUT2D eigenvalue weighted by Gasteiger charge is -2.40. The average molecular weight is 603 g/mol. The zero-order chi connectivity index (χ0) is 28.4. The van der Waals surface area contributed by atoms with Gasteiger partial charge in [0.2, 0.25) is 0 Å². The number of thiazole rings is 1. The van der Waals surface area contributed by atoms with Gasteiger partial charge in [-0.15, -0.1) is 22.7 Å². The lowest BCUT2D eigenvalue weighted by Crippen LogP contribution is -2.52. The maximum Gasteiger partial charge on any atom is 0.304 e. The zero-order valence-electron chi connectivity index (χ0n) is 23.0. The molecule has 12 heteroatoms. The van der Waals surface area contributed by atoms with E-state index in [2.05, 4.69) is 45.4 Å². The number of hydrogen-bond acceptors (Lipinski definition) is 10. The van der Waals surface area contributed by atoms with Crippen molar-refractivity contribution in [3.63, 3.8) is 0 Å². The molecule has 3 aromatic heterocycles. The highest BCUT2D eigenvalue weighted by Gasteiger charge is 2.30. The molecule has 2 aliphatic rings. The molecule has 9 nitrogen and oxygen atoms in total. The molecule has 5 rings (SSSR count). The van der Waals surface area contributed by atoms with Crippen LogP contribution in [0.2, 0.25) is 4.34 Å². The Labute approximate surface area is 247 Å². The Morgan fingerprint density at radius 2 is 1.88 bits per heavy atom. The number of carbonyl (C=O) groups is 2. The molecular formula is C28H35ClN6O3S2. The van der Waals surface area contributed by atoms with Crippen molar-refractivity contribution in [2.45, 2.75) is 71.1 Å². The Morgan fingerprint density at radius 1 is 1.10 bits per heavy atom. The maximum absolute atomic E-state index is 13.2. The van der Waals surface area contributed by atoms with E-state index in [0.29, 0.717) is 24.3 Å². The molecule has 2 fully saturated rings. The van der Waals surface area contributed by atoms with Crippen LogP contribution in [0.3, 0.4) is 0 Å². The van der Waals surface area contributed by atoms with Crippen molar-refractivity contribution in [3.05, 3.63) is 43.8 Å². The van der Waals surface area contributed by atoms with Crippen LogP contribution in [0.4, 0.5) is 5.82 Å². The molecule has 0 aliphatic carbocycles. The standard InChI is InChI=1S/C28H35ClN6O3S2/c1-17-4-5-18(2)35(17)15-23-28(20-10-24(29)39-16-20)32-26(40-23)11-22(36)21-12-31-25(13-30-21)34-9-8-33(19(3)14-34)7-6-27(37)38/h10,12-13,16-19H,4-9,11,14-15H2,1-3H3,(H,37,38)/t17-,18-,19-/m1/s1. The van der Waals surface area contributed by atoms with Gasteiger partial charge in [-0.05, 0) is 39.7 Å². The van der Waals surface area contributed by atoms with Crippen molar-refractivity contribution in [3.8, 4) is 11.3 Å². The summed E-state index contributed by atoms with van der Waals surface area (Å²) >= 11 is 9.34. The third kappa shape index (κ3) is 6.71. The van der Waals surface area contributed by atoms with Crippen LogP contribution >= 0.6 is 34.3 Å². The number of halogens is 1. The second-order valence-electron chi connectivity index (χ2n) is 10.8. The number of piperazine rings is 1. The van der Waals surface area contributed by atoms with E-state index in [1.165, 1.54) is 24.2 Å². The quantitative estimate of drug-likeness (QED) is 0.318. The number of Topliss-reactive ketones (excluding diaryl/α,β-unsaturated/α-hetero) is 1. The molecule has 0 saturated carbocycles. The minimum absolute atomic E-state index is 0.107. The van der Waals surface area contributed by atoms with Gasteiger partial charge >= 0.3 is 5.97 Å². The first-order valence-electron chi connectivity index (χ1n) is 13.7. The molecule has 1 N–H and O–H groups in total. The van der Waals surface area contributed by atoms with Crippen LogP contribution in [-0.2, 0) is 17.8 Å². The van der Waals surface area contributed by atoms with Gasteiger partial charge in [0.15, 0.2) is 5.78 Å². The predicted octanol–water partition coefficient (Wildman–Crippen LogP) is 5.10. The van der Waals surface area contributed by atoms with Crippen LogP contribution in [0.5, 0.6) is 0 Å². The van der Waals surface area contributed by atoms with Gasteiger partial charge in [0.05, 0.1) is 35.3 Å². The van der Waals surface area contributed by atoms with Crippen molar-refractivity contribution in [1.29, 1.82) is 0 Å². The van der Waals surface area contributed by atoms with Crippen LogP contribution in [0, 0.1) is 0 Å². The van der Waals surface area contributed by atoms with E-state index in [0.717, 1.165) is 57.5 Å². The third-order valence-corrected chi connectivity index (χ3v) is 10.1. The molecule has 0 aromatic carbocycles. The Morgan fingerprint density at radius 3 is 2.50 bits per heavy atom. The van der Waals surface area contributed by atoms with E-state index >= 15 is 0 Å². The fourth-order valence-corrected chi connectivity index (χ4v) is 7.56. The van der Waals surface area contributed by atoms with E-state index in [4.69, 9.17) is 21.7 Å². The number of ketones is 1.